The van der Waals surface area contributed by atoms with Crippen molar-refractivity contribution in [2.75, 3.05) is 19.7 Å². The molecule has 0 aromatic carbocycles. The fraction of sp³-hybridized carbons (Fsp3) is 0.750. The standard InChI is InChI=1S/C16H27N3O2/c1-14(2)5-3-6-15-13-18(11-12-21-15)16(20)7-10-19-9-4-8-17-19/h4,8-9,14-15H,3,5-7,10-13H2,1-2H3. The van der Waals surface area contributed by atoms with Gasteiger partial charge in [-0.1, -0.05) is 26.7 Å². The van der Waals surface area contributed by atoms with Crippen LogP contribution in [-0.2, 0) is 16.1 Å². The molecule has 1 fully saturated rings. The van der Waals surface area contributed by atoms with E-state index in [4.69, 9.17) is 4.74 Å². The van der Waals surface area contributed by atoms with E-state index in [0.717, 1.165) is 25.4 Å². The molecule has 21 heavy (non-hydrogen) atoms. The SMILES string of the molecule is CC(C)CCCC1CN(C(=O)CCn2cccn2)CCO1. The fourth-order valence-corrected chi connectivity index (χ4v) is 2.68. The third-order valence-electron chi connectivity index (χ3n) is 3.91. The molecule has 5 nitrogen and oxygen atoms in total. The molecule has 1 saturated heterocycles. The second-order valence-corrected chi connectivity index (χ2v) is 6.18. The van der Waals surface area contributed by atoms with Gasteiger partial charge in [-0.3, -0.25) is 9.48 Å². The molecule has 1 atom stereocenters. The molecule has 118 valence electrons. The highest BCUT2D eigenvalue weighted by Crippen LogP contribution is 2.15. The van der Waals surface area contributed by atoms with Gasteiger partial charge < -0.3 is 9.64 Å². The van der Waals surface area contributed by atoms with Crippen LogP contribution in [0.1, 0.15) is 39.5 Å². The summed E-state index contributed by atoms with van der Waals surface area (Å²) >= 11 is 0. The van der Waals surface area contributed by atoms with Crippen molar-refractivity contribution in [2.24, 2.45) is 5.92 Å². The van der Waals surface area contributed by atoms with Gasteiger partial charge in [0.05, 0.1) is 12.7 Å². The summed E-state index contributed by atoms with van der Waals surface area (Å²) in [5, 5.41) is 4.13. The summed E-state index contributed by atoms with van der Waals surface area (Å²) in [7, 11) is 0. The molecule has 2 rings (SSSR count). The summed E-state index contributed by atoms with van der Waals surface area (Å²) in [5.74, 6) is 0.947. The van der Waals surface area contributed by atoms with Crippen molar-refractivity contribution in [3.05, 3.63) is 18.5 Å². The summed E-state index contributed by atoms with van der Waals surface area (Å²) in [6, 6.07) is 1.88. The van der Waals surface area contributed by atoms with Crippen LogP contribution in [0.15, 0.2) is 18.5 Å². The second kappa shape index (κ2) is 8.17. The lowest BCUT2D eigenvalue weighted by molar-refractivity contribution is -0.139. The Labute approximate surface area is 127 Å². The molecule has 1 aliphatic rings. The van der Waals surface area contributed by atoms with Gasteiger partial charge in [-0.05, 0) is 18.4 Å². The Balaban J connectivity index is 1.70. The Bertz CT molecular complexity index is 417. The van der Waals surface area contributed by atoms with E-state index in [0.29, 0.717) is 19.6 Å². The summed E-state index contributed by atoms with van der Waals surface area (Å²) in [4.78, 5) is 14.2. The average molecular weight is 293 g/mol. The quantitative estimate of drug-likeness (QED) is 0.775. The molecule has 0 aliphatic carbocycles. The Morgan fingerprint density at radius 3 is 3.05 bits per heavy atom. The topological polar surface area (TPSA) is 47.4 Å². The first kappa shape index (κ1) is 16.0. The van der Waals surface area contributed by atoms with Crippen LogP contribution < -0.4 is 0 Å². The average Bonchev–Trinajstić information content (AvgIpc) is 2.98. The summed E-state index contributed by atoms with van der Waals surface area (Å²) in [5.41, 5.74) is 0. The number of aryl methyl sites for hydroxylation is 1. The van der Waals surface area contributed by atoms with Crippen LogP contribution in [0.3, 0.4) is 0 Å². The van der Waals surface area contributed by atoms with Gasteiger partial charge in [0.1, 0.15) is 0 Å². The maximum Gasteiger partial charge on any atom is 0.224 e. The van der Waals surface area contributed by atoms with Gasteiger partial charge in [0.2, 0.25) is 5.91 Å². The molecule has 0 radical (unpaired) electrons. The van der Waals surface area contributed by atoms with Crippen molar-refractivity contribution in [1.29, 1.82) is 0 Å². The Hall–Kier alpha value is -1.36. The van der Waals surface area contributed by atoms with E-state index < -0.39 is 0 Å². The number of ether oxygens (including phenoxy) is 1. The maximum atomic E-state index is 12.3. The smallest absolute Gasteiger partial charge is 0.224 e. The number of morpholine rings is 1. The van der Waals surface area contributed by atoms with Gasteiger partial charge >= 0.3 is 0 Å². The predicted octanol–water partition coefficient (Wildman–Crippen LogP) is 2.33. The number of hydrogen-bond acceptors (Lipinski definition) is 3. The highest BCUT2D eigenvalue weighted by Gasteiger charge is 2.23. The van der Waals surface area contributed by atoms with E-state index in [1.165, 1.54) is 12.8 Å². The molecule has 0 N–H and O–H groups in total. The molecular weight excluding hydrogens is 266 g/mol. The molecule has 5 heteroatoms. The van der Waals surface area contributed by atoms with E-state index in [2.05, 4.69) is 18.9 Å². The van der Waals surface area contributed by atoms with Crippen molar-refractivity contribution in [3.8, 4) is 0 Å². The van der Waals surface area contributed by atoms with Crippen LogP contribution >= 0.6 is 0 Å². The van der Waals surface area contributed by atoms with Crippen LogP contribution in [0.25, 0.3) is 0 Å². The normalized spacial score (nSPS) is 19.2. The Morgan fingerprint density at radius 2 is 2.33 bits per heavy atom. The third-order valence-corrected chi connectivity index (χ3v) is 3.91. The molecule has 1 unspecified atom stereocenters. The monoisotopic (exact) mass is 293 g/mol. The van der Waals surface area contributed by atoms with E-state index in [1.54, 1.807) is 10.9 Å². The second-order valence-electron chi connectivity index (χ2n) is 6.18. The first-order valence-electron chi connectivity index (χ1n) is 8.02. The van der Waals surface area contributed by atoms with Gasteiger partial charge in [0, 0.05) is 38.4 Å². The van der Waals surface area contributed by atoms with E-state index in [-0.39, 0.29) is 12.0 Å². The Kier molecular flexibility index (Phi) is 6.23. The Morgan fingerprint density at radius 1 is 1.48 bits per heavy atom. The van der Waals surface area contributed by atoms with Crippen LogP contribution in [0.4, 0.5) is 0 Å². The number of carbonyl (C=O) groups excluding carboxylic acids is 1. The highest BCUT2D eigenvalue weighted by molar-refractivity contribution is 5.76. The summed E-state index contributed by atoms with van der Waals surface area (Å²) in [6.07, 6.45) is 7.82. The molecule has 0 spiro atoms. The fourth-order valence-electron chi connectivity index (χ4n) is 2.68. The van der Waals surface area contributed by atoms with E-state index >= 15 is 0 Å². The van der Waals surface area contributed by atoms with Gasteiger partial charge in [-0.25, -0.2) is 0 Å². The van der Waals surface area contributed by atoms with Crippen molar-refractivity contribution >= 4 is 5.91 Å². The number of nitrogens with zero attached hydrogens (tertiary/aromatic N) is 3. The third kappa shape index (κ3) is 5.50. The van der Waals surface area contributed by atoms with E-state index in [1.807, 2.05) is 17.2 Å². The van der Waals surface area contributed by atoms with Crippen LogP contribution in [-0.4, -0.2) is 46.4 Å². The van der Waals surface area contributed by atoms with Crippen LogP contribution in [0.2, 0.25) is 0 Å². The summed E-state index contributed by atoms with van der Waals surface area (Å²) < 4.78 is 7.58. The summed E-state index contributed by atoms with van der Waals surface area (Å²) in [6.45, 7) is 7.27. The molecule has 1 aromatic heterocycles. The molecular formula is C16H27N3O2. The number of hydrogen-bond donors (Lipinski definition) is 0. The van der Waals surface area contributed by atoms with E-state index in [9.17, 15) is 4.79 Å². The van der Waals surface area contributed by atoms with Crippen molar-refractivity contribution in [2.45, 2.75) is 52.2 Å². The van der Waals surface area contributed by atoms with Crippen molar-refractivity contribution in [1.82, 2.24) is 14.7 Å². The first-order chi connectivity index (χ1) is 10.1. The minimum absolute atomic E-state index is 0.211. The zero-order chi connectivity index (χ0) is 15.1. The molecule has 0 bridgehead atoms. The molecule has 0 saturated carbocycles. The minimum atomic E-state index is 0.211. The number of aromatic nitrogens is 2. The first-order valence-corrected chi connectivity index (χ1v) is 8.02. The van der Waals surface area contributed by atoms with Crippen LogP contribution in [0.5, 0.6) is 0 Å². The molecule has 1 amide bonds. The number of rotatable bonds is 7. The number of carbonyl (C=O) groups is 1. The van der Waals surface area contributed by atoms with Gasteiger partial charge in [-0.2, -0.15) is 5.10 Å². The zero-order valence-corrected chi connectivity index (χ0v) is 13.2. The lowest BCUT2D eigenvalue weighted by atomic mass is 10.0. The maximum absolute atomic E-state index is 12.3. The van der Waals surface area contributed by atoms with Gasteiger partial charge in [0.25, 0.3) is 0 Å². The van der Waals surface area contributed by atoms with Crippen molar-refractivity contribution < 1.29 is 9.53 Å². The van der Waals surface area contributed by atoms with Gasteiger partial charge in [0.15, 0.2) is 0 Å². The molecule has 2 heterocycles. The highest BCUT2D eigenvalue weighted by atomic mass is 16.5. The lowest BCUT2D eigenvalue weighted by Gasteiger charge is -2.33. The van der Waals surface area contributed by atoms with Crippen LogP contribution in [0, 0.1) is 5.92 Å². The molecule has 1 aliphatic heterocycles. The lowest BCUT2D eigenvalue weighted by Crippen LogP contribution is -2.45. The largest absolute Gasteiger partial charge is 0.375 e. The predicted molar refractivity (Wildman–Crippen MR) is 81.9 cm³/mol. The minimum Gasteiger partial charge on any atom is -0.375 e. The zero-order valence-electron chi connectivity index (χ0n) is 13.2. The number of amides is 1. The molecule has 1 aromatic rings. The van der Waals surface area contributed by atoms with Gasteiger partial charge in [-0.15, -0.1) is 0 Å². The van der Waals surface area contributed by atoms with Crippen molar-refractivity contribution in [3.63, 3.8) is 0 Å².